The van der Waals surface area contributed by atoms with E-state index in [9.17, 15) is 0 Å². The van der Waals surface area contributed by atoms with Gasteiger partial charge in [0.25, 0.3) is 0 Å². The van der Waals surface area contributed by atoms with Crippen LogP contribution in [-0.4, -0.2) is 26.6 Å². The summed E-state index contributed by atoms with van der Waals surface area (Å²) in [6.07, 6.45) is 11.0. The van der Waals surface area contributed by atoms with Gasteiger partial charge >= 0.3 is 0 Å². The number of aryl methyl sites for hydroxylation is 1. The summed E-state index contributed by atoms with van der Waals surface area (Å²) in [6.45, 7) is 2.09. The van der Waals surface area contributed by atoms with E-state index in [-0.39, 0.29) is 6.04 Å². The molecule has 5 nitrogen and oxygen atoms in total. The molecule has 0 fully saturated rings. The smallest absolute Gasteiger partial charge is 0.0896 e. The highest BCUT2D eigenvalue weighted by Gasteiger charge is 2.18. The van der Waals surface area contributed by atoms with E-state index in [2.05, 4.69) is 27.3 Å². The third-order valence-electron chi connectivity index (χ3n) is 3.34. The second kappa shape index (κ2) is 4.78. The number of hydrogen-bond donors (Lipinski definition) is 1. The molecule has 3 aromatic heterocycles. The lowest BCUT2D eigenvalue weighted by molar-refractivity contribution is 0.688. The molecule has 0 bridgehead atoms. The van der Waals surface area contributed by atoms with Crippen LogP contribution in [0.4, 0.5) is 0 Å². The van der Waals surface area contributed by atoms with Crippen LogP contribution in [-0.2, 0) is 0 Å². The molecule has 0 saturated heterocycles. The highest BCUT2D eigenvalue weighted by Crippen LogP contribution is 2.26. The van der Waals surface area contributed by atoms with Crippen LogP contribution >= 0.6 is 0 Å². The number of hydrogen-bond acceptors (Lipinski definition) is 4. The van der Waals surface area contributed by atoms with E-state index < -0.39 is 0 Å². The highest BCUT2D eigenvalue weighted by molar-refractivity contribution is 5.56. The number of aromatic nitrogens is 4. The molecule has 5 heteroatoms. The van der Waals surface area contributed by atoms with Crippen molar-refractivity contribution < 1.29 is 0 Å². The molecule has 0 radical (unpaired) electrons. The summed E-state index contributed by atoms with van der Waals surface area (Å²) in [5.41, 5.74) is 4.47. The molecule has 0 saturated carbocycles. The molecule has 0 aromatic carbocycles. The van der Waals surface area contributed by atoms with Gasteiger partial charge in [0.1, 0.15) is 0 Å². The minimum Gasteiger partial charge on any atom is -0.309 e. The van der Waals surface area contributed by atoms with Crippen LogP contribution in [0.1, 0.15) is 22.7 Å². The maximum Gasteiger partial charge on any atom is 0.0896 e. The summed E-state index contributed by atoms with van der Waals surface area (Å²) in [5.74, 6) is 0. The zero-order chi connectivity index (χ0) is 13.2. The molecule has 0 aliphatic carbocycles. The SMILES string of the molecule is CNC(c1cnccc1C)c1cnn2ccncc12. The molecule has 0 aliphatic heterocycles. The molecule has 3 rings (SSSR count). The molecule has 0 aliphatic rings. The lowest BCUT2D eigenvalue weighted by Crippen LogP contribution is -2.18. The van der Waals surface area contributed by atoms with Crippen LogP contribution in [0.15, 0.2) is 43.2 Å². The largest absolute Gasteiger partial charge is 0.309 e. The molecular weight excluding hydrogens is 238 g/mol. The van der Waals surface area contributed by atoms with Crippen molar-refractivity contribution in [3.8, 4) is 0 Å². The van der Waals surface area contributed by atoms with E-state index in [4.69, 9.17) is 0 Å². The molecule has 0 amide bonds. The minimum atomic E-state index is 0.0652. The van der Waals surface area contributed by atoms with Gasteiger partial charge in [-0.1, -0.05) is 0 Å². The molecule has 19 heavy (non-hydrogen) atoms. The number of nitrogens with zero attached hydrogens (tertiary/aromatic N) is 4. The van der Waals surface area contributed by atoms with Gasteiger partial charge in [0.2, 0.25) is 0 Å². The van der Waals surface area contributed by atoms with Crippen LogP contribution in [0.2, 0.25) is 0 Å². The van der Waals surface area contributed by atoms with E-state index in [1.165, 1.54) is 5.56 Å². The second-order valence-corrected chi connectivity index (χ2v) is 4.46. The van der Waals surface area contributed by atoms with E-state index in [0.717, 1.165) is 16.6 Å². The first kappa shape index (κ1) is 11.8. The lowest BCUT2D eigenvalue weighted by Gasteiger charge is -2.17. The van der Waals surface area contributed by atoms with Crippen molar-refractivity contribution in [1.29, 1.82) is 0 Å². The third kappa shape index (κ3) is 1.98. The first-order valence-corrected chi connectivity index (χ1v) is 6.16. The van der Waals surface area contributed by atoms with Crippen LogP contribution in [0.25, 0.3) is 5.52 Å². The lowest BCUT2D eigenvalue weighted by atomic mass is 9.98. The first-order chi connectivity index (χ1) is 9.31. The molecule has 1 unspecified atom stereocenters. The summed E-state index contributed by atoms with van der Waals surface area (Å²) in [5, 5.41) is 7.69. The van der Waals surface area contributed by atoms with Gasteiger partial charge < -0.3 is 5.32 Å². The van der Waals surface area contributed by atoms with Gasteiger partial charge in [-0.25, -0.2) is 4.52 Å². The van der Waals surface area contributed by atoms with Crippen molar-refractivity contribution in [2.24, 2.45) is 0 Å². The minimum absolute atomic E-state index is 0.0652. The Morgan fingerprint density at radius 3 is 2.74 bits per heavy atom. The molecule has 3 aromatic rings. The molecule has 1 atom stereocenters. The van der Waals surface area contributed by atoms with Crippen molar-refractivity contribution in [1.82, 2.24) is 24.9 Å². The first-order valence-electron chi connectivity index (χ1n) is 6.16. The predicted octanol–water partition coefficient (Wildman–Crippen LogP) is 1.74. The van der Waals surface area contributed by atoms with Crippen molar-refractivity contribution >= 4 is 5.52 Å². The Morgan fingerprint density at radius 2 is 1.95 bits per heavy atom. The third-order valence-corrected chi connectivity index (χ3v) is 3.34. The van der Waals surface area contributed by atoms with E-state index >= 15 is 0 Å². The van der Waals surface area contributed by atoms with Gasteiger partial charge in [0.15, 0.2) is 0 Å². The number of fused-ring (bicyclic) bond motifs is 1. The Balaban J connectivity index is 2.15. The average Bonchev–Trinajstić information content (AvgIpc) is 2.86. The summed E-state index contributed by atoms with van der Waals surface area (Å²) < 4.78 is 1.83. The maximum absolute atomic E-state index is 4.36. The quantitative estimate of drug-likeness (QED) is 0.772. The fourth-order valence-corrected chi connectivity index (χ4v) is 2.33. The zero-order valence-electron chi connectivity index (χ0n) is 10.9. The van der Waals surface area contributed by atoms with E-state index in [0.29, 0.717) is 0 Å². The predicted molar refractivity (Wildman–Crippen MR) is 72.9 cm³/mol. The summed E-state index contributed by atoms with van der Waals surface area (Å²) in [7, 11) is 1.94. The molecule has 96 valence electrons. The Morgan fingerprint density at radius 1 is 1.11 bits per heavy atom. The van der Waals surface area contributed by atoms with Gasteiger partial charge in [-0.15, -0.1) is 0 Å². The molecule has 1 N–H and O–H groups in total. The summed E-state index contributed by atoms with van der Waals surface area (Å²) >= 11 is 0. The van der Waals surface area contributed by atoms with Gasteiger partial charge in [-0.2, -0.15) is 5.10 Å². The normalized spacial score (nSPS) is 12.7. The van der Waals surface area contributed by atoms with Crippen LogP contribution < -0.4 is 5.32 Å². The van der Waals surface area contributed by atoms with Crippen LogP contribution in [0, 0.1) is 6.92 Å². The van der Waals surface area contributed by atoms with Gasteiger partial charge in [0.05, 0.1) is 24.0 Å². The Kier molecular flexibility index (Phi) is 2.97. The summed E-state index contributed by atoms with van der Waals surface area (Å²) in [6, 6.07) is 2.08. The van der Waals surface area contributed by atoms with E-state index in [1.807, 2.05) is 48.6 Å². The molecule has 3 heterocycles. The van der Waals surface area contributed by atoms with Gasteiger partial charge in [0, 0.05) is 30.4 Å². The standard InChI is InChI=1S/C14H15N5/c1-10-3-4-16-7-11(10)14(15-2)12-8-18-19-6-5-17-9-13(12)19/h3-9,14-15H,1-2H3. The van der Waals surface area contributed by atoms with Crippen molar-refractivity contribution in [2.45, 2.75) is 13.0 Å². The summed E-state index contributed by atoms with van der Waals surface area (Å²) in [4.78, 5) is 8.40. The topological polar surface area (TPSA) is 55.1 Å². The number of rotatable bonds is 3. The van der Waals surface area contributed by atoms with Crippen molar-refractivity contribution in [2.75, 3.05) is 7.05 Å². The van der Waals surface area contributed by atoms with Gasteiger partial charge in [-0.05, 0) is 31.2 Å². The van der Waals surface area contributed by atoms with Crippen molar-refractivity contribution in [3.05, 3.63) is 59.9 Å². The highest BCUT2D eigenvalue weighted by atomic mass is 15.2. The van der Waals surface area contributed by atoms with Crippen LogP contribution in [0.5, 0.6) is 0 Å². The number of nitrogens with one attached hydrogen (secondary N) is 1. The van der Waals surface area contributed by atoms with Gasteiger partial charge in [-0.3, -0.25) is 9.97 Å². The molecular formula is C14H15N5. The van der Waals surface area contributed by atoms with E-state index in [1.54, 1.807) is 6.20 Å². The average molecular weight is 253 g/mol. The Labute approximate surface area is 111 Å². The monoisotopic (exact) mass is 253 g/mol. The van der Waals surface area contributed by atoms with Crippen LogP contribution in [0.3, 0.4) is 0 Å². The fourth-order valence-electron chi connectivity index (χ4n) is 2.33. The zero-order valence-corrected chi connectivity index (χ0v) is 10.9. The Hall–Kier alpha value is -2.27. The Bertz CT molecular complexity index is 704. The van der Waals surface area contributed by atoms with Crippen molar-refractivity contribution in [3.63, 3.8) is 0 Å². The fraction of sp³-hybridized carbons (Fsp3) is 0.214. The number of pyridine rings is 1. The second-order valence-electron chi connectivity index (χ2n) is 4.46. The molecule has 0 spiro atoms. The maximum atomic E-state index is 4.36.